The number of hydrazone groups is 1. The molecule has 2 aliphatic rings. The van der Waals surface area contributed by atoms with Gasteiger partial charge in [-0.05, 0) is 30.4 Å². The van der Waals surface area contributed by atoms with Gasteiger partial charge < -0.3 is 0 Å². The molecule has 0 radical (unpaired) electrons. The minimum Gasteiger partial charge on any atom is -0.291 e. The van der Waals surface area contributed by atoms with E-state index < -0.39 is 0 Å². The summed E-state index contributed by atoms with van der Waals surface area (Å²) in [6.45, 7) is 2.22. The van der Waals surface area contributed by atoms with Gasteiger partial charge in [0.2, 0.25) is 0 Å². The molecular weight excluding hydrogens is 340 g/mol. The fourth-order valence-corrected chi connectivity index (χ4v) is 4.85. The monoisotopic (exact) mass is 362 g/mol. The van der Waals surface area contributed by atoms with Crippen LogP contribution in [0.2, 0.25) is 5.02 Å². The van der Waals surface area contributed by atoms with Crippen LogP contribution in [0.15, 0.2) is 29.4 Å². The molecule has 0 spiro atoms. The first-order valence-electron chi connectivity index (χ1n) is 8.46. The third kappa shape index (κ3) is 3.28. The molecule has 5 atom stereocenters. The number of rotatable bonds is 5. The number of nitriles is 1. The molecule has 1 aromatic carbocycles. The summed E-state index contributed by atoms with van der Waals surface area (Å²) in [4.78, 5) is 0. The van der Waals surface area contributed by atoms with Crippen molar-refractivity contribution in [2.24, 2.45) is 11.0 Å². The van der Waals surface area contributed by atoms with Crippen LogP contribution in [0.1, 0.15) is 37.7 Å². The van der Waals surface area contributed by atoms with Gasteiger partial charge in [0, 0.05) is 23.2 Å². The molecule has 1 N–H and O–H groups in total. The fourth-order valence-electron chi connectivity index (χ4n) is 3.68. The highest BCUT2D eigenvalue weighted by atomic mass is 35.5. The van der Waals surface area contributed by atoms with Crippen LogP contribution >= 0.6 is 23.4 Å². The Morgan fingerprint density at radius 3 is 2.75 bits per heavy atom. The number of hydrogen-bond acceptors (Lipinski definition) is 5. The van der Waals surface area contributed by atoms with E-state index >= 15 is 0 Å². The van der Waals surface area contributed by atoms with Crippen molar-refractivity contribution in [3.05, 3.63) is 34.9 Å². The molecule has 2 heterocycles. The second kappa shape index (κ2) is 7.77. The lowest BCUT2D eigenvalue weighted by Crippen LogP contribution is -2.61. The highest BCUT2D eigenvalue weighted by molar-refractivity contribution is 7.99. The molecule has 1 aromatic rings. The molecule has 0 amide bonds. The lowest BCUT2D eigenvalue weighted by Gasteiger charge is -2.47. The summed E-state index contributed by atoms with van der Waals surface area (Å²) in [7, 11) is 0. The minimum absolute atomic E-state index is 0.0159. The highest BCUT2D eigenvalue weighted by Gasteiger charge is 2.47. The Bertz CT molecular complexity index is 627. The molecule has 4 nitrogen and oxygen atoms in total. The molecule has 0 aliphatic carbocycles. The van der Waals surface area contributed by atoms with Crippen molar-refractivity contribution in [2.75, 3.05) is 6.26 Å². The van der Waals surface area contributed by atoms with Crippen molar-refractivity contribution >= 4 is 29.6 Å². The van der Waals surface area contributed by atoms with Gasteiger partial charge in [0.1, 0.15) is 17.5 Å². The van der Waals surface area contributed by atoms with Gasteiger partial charge >= 0.3 is 0 Å². The molecule has 128 valence electrons. The third-order valence-electron chi connectivity index (χ3n) is 4.89. The average molecular weight is 363 g/mol. The molecule has 6 heteroatoms. The fraction of sp³-hybridized carbons (Fsp3) is 0.556. The molecule has 24 heavy (non-hydrogen) atoms. The van der Waals surface area contributed by atoms with Crippen LogP contribution in [-0.4, -0.2) is 35.1 Å². The van der Waals surface area contributed by atoms with Crippen molar-refractivity contribution in [1.82, 2.24) is 10.3 Å². The van der Waals surface area contributed by atoms with E-state index in [-0.39, 0.29) is 17.5 Å². The van der Waals surface area contributed by atoms with Crippen molar-refractivity contribution in [1.29, 1.82) is 5.26 Å². The largest absolute Gasteiger partial charge is 0.291 e. The van der Waals surface area contributed by atoms with Crippen LogP contribution in [-0.2, 0) is 0 Å². The van der Waals surface area contributed by atoms with Gasteiger partial charge in [-0.15, -0.1) is 11.8 Å². The van der Waals surface area contributed by atoms with Gasteiger partial charge in [-0.1, -0.05) is 43.5 Å². The predicted molar refractivity (Wildman–Crippen MR) is 101 cm³/mol. The van der Waals surface area contributed by atoms with E-state index in [1.54, 1.807) is 6.21 Å². The zero-order chi connectivity index (χ0) is 17.1. The molecule has 1 fully saturated rings. The first kappa shape index (κ1) is 17.6. The minimum atomic E-state index is -0.185. The number of nitrogens with one attached hydrogen (secondary N) is 1. The lowest BCUT2D eigenvalue weighted by atomic mass is 9.85. The topological polar surface area (TPSA) is 51.4 Å². The summed E-state index contributed by atoms with van der Waals surface area (Å²) in [5, 5.41) is 20.7. The summed E-state index contributed by atoms with van der Waals surface area (Å²) in [6.07, 6.45) is 7.33. The van der Waals surface area contributed by atoms with E-state index in [0.29, 0.717) is 12.0 Å². The number of fused-ring (bicyclic) bond motifs is 1. The van der Waals surface area contributed by atoms with E-state index in [9.17, 15) is 5.26 Å². The van der Waals surface area contributed by atoms with Gasteiger partial charge in [-0.3, -0.25) is 10.3 Å². The Hall–Kier alpha value is -1.22. The van der Waals surface area contributed by atoms with E-state index in [1.165, 1.54) is 18.4 Å². The smallest absolute Gasteiger partial charge is 0.119 e. The molecular formula is C18H23ClN4S. The molecule has 2 aliphatic heterocycles. The summed E-state index contributed by atoms with van der Waals surface area (Å²) in [5.41, 5.74) is 1.28. The Morgan fingerprint density at radius 2 is 2.12 bits per heavy atom. The van der Waals surface area contributed by atoms with Crippen LogP contribution in [0.4, 0.5) is 0 Å². The highest BCUT2D eigenvalue weighted by Crippen LogP contribution is 2.41. The molecule has 0 saturated carbocycles. The Morgan fingerprint density at radius 1 is 1.38 bits per heavy atom. The zero-order valence-corrected chi connectivity index (χ0v) is 15.6. The number of thioether (sulfide) groups is 1. The number of hydrogen-bond donors (Lipinski definition) is 1. The summed E-state index contributed by atoms with van der Waals surface area (Å²) in [5.74, 6) is 0.129. The van der Waals surface area contributed by atoms with Gasteiger partial charge in [0.25, 0.3) is 0 Å². The quantitative estimate of drug-likeness (QED) is 0.858. The Kier molecular flexibility index (Phi) is 5.70. The second-order valence-corrected chi connectivity index (χ2v) is 7.75. The van der Waals surface area contributed by atoms with Gasteiger partial charge in [-0.2, -0.15) is 10.4 Å². The summed E-state index contributed by atoms with van der Waals surface area (Å²) in [6, 6.07) is 10.9. The first-order valence-corrected chi connectivity index (χ1v) is 10.1. The molecule has 0 bridgehead atoms. The van der Waals surface area contributed by atoms with Crippen molar-refractivity contribution in [3.63, 3.8) is 0 Å². The second-order valence-electron chi connectivity index (χ2n) is 6.36. The number of unbranched alkanes of at least 4 members (excludes halogenated alkanes) is 1. The van der Waals surface area contributed by atoms with Crippen LogP contribution < -0.4 is 5.32 Å². The van der Waals surface area contributed by atoms with E-state index in [1.807, 2.05) is 23.9 Å². The van der Waals surface area contributed by atoms with Crippen molar-refractivity contribution < 1.29 is 0 Å². The van der Waals surface area contributed by atoms with Crippen molar-refractivity contribution in [2.45, 2.75) is 49.7 Å². The zero-order valence-electron chi connectivity index (χ0n) is 14.0. The normalized spacial score (nSPS) is 31.8. The lowest BCUT2D eigenvalue weighted by molar-refractivity contribution is 0.0757. The summed E-state index contributed by atoms with van der Waals surface area (Å²) >= 11 is 7.89. The molecule has 3 rings (SSSR count). The summed E-state index contributed by atoms with van der Waals surface area (Å²) < 4.78 is 0. The Labute approximate surface area is 153 Å². The molecule has 5 unspecified atom stereocenters. The van der Waals surface area contributed by atoms with Crippen LogP contribution in [0.25, 0.3) is 0 Å². The van der Waals surface area contributed by atoms with E-state index in [0.717, 1.165) is 11.4 Å². The standard InChI is InChI=1S/C18H23ClN4S/c1-3-4-5-15-16(12-6-8-14(19)9-7-12)18(24-2)23-17(22-15)13(10-20)11-21-23/h6-9,11,13,15-18,22H,3-5H2,1-2H3. The van der Waals surface area contributed by atoms with Crippen LogP contribution in [0.5, 0.6) is 0 Å². The van der Waals surface area contributed by atoms with Crippen LogP contribution in [0.3, 0.4) is 0 Å². The van der Waals surface area contributed by atoms with E-state index in [4.69, 9.17) is 11.6 Å². The average Bonchev–Trinajstić information content (AvgIpc) is 3.02. The third-order valence-corrected chi connectivity index (χ3v) is 6.13. The van der Waals surface area contributed by atoms with Gasteiger partial charge in [-0.25, -0.2) is 0 Å². The van der Waals surface area contributed by atoms with Gasteiger partial charge in [0.05, 0.1) is 6.07 Å². The SMILES string of the molecule is CCCCC1NC2C(C#N)C=NN2C(SC)C1c1ccc(Cl)cc1. The maximum Gasteiger partial charge on any atom is 0.119 e. The number of nitrogens with zero attached hydrogens (tertiary/aromatic N) is 3. The number of halogens is 1. The van der Waals surface area contributed by atoms with Gasteiger partial charge in [0.15, 0.2) is 0 Å². The van der Waals surface area contributed by atoms with Crippen molar-refractivity contribution in [3.8, 4) is 6.07 Å². The maximum absolute atomic E-state index is 9.41. The number of benzene rings is 1. The first-order chi connectivity index (χ1) is 11.7. The maximum atomic E-state index is 9.41. The molecule has 0 aromatic heterocycles. The van der Waals surface area contributed by atoms with Crippen LogP contribution in [0, 0.1) is 17.2 Å². The Balaban J connectivity index is 1.94. The predicted octanol–water partition coefficient (Wildman–Crippen LogP) is 4.04. The van der Waals surface area contributed by atoms with E-state index in [2.05, 4.69) is 46.8 Å². The molecule has 1 saturated heterocycles.